The molecule has 0 radical (unpaired) electrons. The Morgan fingerprint density at radius 1 is 0.903 bits per heavy atom. The van der Waals surface area contributed by atoms with Crippen LogP contribution in [0, 0.1) is 6.92 Å². The summed E-state index contributed by atoms with van der Waals surface area (Å²) >= 11 is 13.3. The minimum atomic E-state index is -4.56. The molecule has 0 unspecified atom stereocenters. The number of benzene rings is 3. The van der Waals surface area contributed by atoms with Crippen molar-refractivity contribution in [1.29, 1.82) is 0 Å². The zero-order chi connectivity index (χ0) is 23.2. The largest absolute Gasteiger partial charge is 0.506 e. The molecule has 0 aromatic heterocycles. The van der Waals surface area contributed by atoms with Crippen molar-refractivity contribution in [2.24, 2.45) is 0 Å². The first kappa shape index (κ1) is 24.5. The summed E-state index contributed by atoms with van der Waals surface area (Å²) in [5.41, 5.74) is 1.85. The fourth-order valence-corrected chi connectivity index (χ4v) is 6.11. The highest BCUT2D eigenvalue weighted by molar-refractivity contribution is 9.11. The van der Waals surface area contributed by atoms with Gasteiger partial charge in [0.25, 0.3) is 10.1 Å². The van der Waals surface area contributed by atoms with Gasteiger partial charge in [-0.3, -0.25) is 4.55 Å². The van der Waals surface area contributed by atoms with E-state index in [-0.39, 0.29) is 22.0 Å². The molecule has 0 aliphatic carbocycles. The Balaban J connectivity index is 2.70. The van der Waals surface area contributed by atoms with Crippen LogP contribution in [0.4, 0.5) is 0 Å². The van der Waals surface area contributed by atoms with E-state index in [2.05, 4.69) is 70.3 Å². The van der Waals surface area contributed by atoms with Crippen LogP contribution in [0.25, 0.3) is 12.2 Å². The Labute approximate surface area is 212 Å². The molecular formula is C21H14Br4O5S. The molecule has 0 spiro atoms. The molecule has 3 aromatic rings. The van der Waals surface area contributed by atoms with Gasteiger partial charge in [-0.25, -0.2) is 0 Å². The van der Waals surface area contributed by atoms with E-state index in [1.807, 2.05) is 0 Å². The molecule has 0 saturated carbocycles. The summed E-state index contributed by atoms with van der Waals surface area (Å²) in [5.74, 6) is -0.0625. The standard InChI is InChI=1S/C21H14Br4O5S/c1-9-12(7-14(22)20(26)18(9)24)17(11-5-3-4-6-16(11)31(28,29)30)13-8-15(23)21(27)19(25)10(13)2/h3-8,26-27H,1H2,2H3,(H,28,29,30)/b17-12+. The monoisotopic (exact) mass is 694 g/mol. The van der Waals surface area contributed by atoms with Gasteiger partial charge in [-0.05, 0) is 116 Å². The van der Waals surface area contributed by atoms with Gasteiger partial charge in [0.1, 0.15) is 16.4 Å². The van der Waals surface area contributed by atoms with Crippen LogP contribution in [-0.4, -0.2) is 23.2 Å². The molecular weight excluding hydrogens is 684 g/mol. The van der Waals surface area contributed by atoms with Crippen molar-refractivity contribution >= 4 is 86.0 Å². The van der Waals surface area contributed by atoms with Gasteiger partial charge in [-0.1, -0.05) is 24.8 Å². The zero-order valence-electron chi connectivity index (χ0n) is 15.7. The van der Waals surface area contributed by atoms with Crippen molar-refractivity contribution in [3.8, 4) is 11.5 Å². The van der Waals surface area contributed by atoms with E-state index in [9.17, 15) is 23.2 Å². The van der Waals surface area contributed by atoms with E-state index in [1.165, 1.54) is 12.1 Å². The van der Waals surface area contributed by atoms with Gasteiger partial charge in [0.05, 0.1) is 17.9 Å². The summed E-state index contributed by atoms with van der Waals surface area (Å²) in [6.07, 6.45) is 0. The average molecular weight is 698 g/mol. The molecule has 3 N–H and O–H groups in total. The first-order valence-corrected chi connectivity index (χ1v) is 13.1. The van der Waals surface area contributed by atoms with Gasteiger partial charge in [-0.2, -0.15) is 8.42 Å². The topological polar surface area (TPSA) is 94.8 Å². The highest BCUT2D eigenvalue weighted by Crippen LogP contribution is 2.41. The number of aromatic hydroxyl groups is 2. The Bertz CT molecular complexity index is 1450. The molecule has 0 fully saturated rings. The molecule has 3 aromatic carbocycles. The third-order valence-electron chi connectivity index (χ3n) is 4.71. The molecule has 31 heavy (non-hydrogen) atoms. The van der Waals surface area contributed by atoms with Crippen LogP contribution in [0.3, 0.4) is 0 Å². The smallest absolute Gasteiger partial charge is 0.295 e. The van der Waals surface area contributed by atoms with Crippen LogP contribution in [-0.2, 0) is 10.1 Å². The fourth-order valence-electron chi connectivity index (χ4n) is 3.17. The number of halogens is 4. The highest BCUT2D eigenvalue weighted by atomic mass is 79.9. The zero-order valence-corrected chi connectivity index (χ0v) is 22.9. The Morgan fingerprint density at radius 3 is 2.06 bits per heavy atom. The molecule has 0 heterocycles. The molecule has 0 aliphatic rings. The minimum Gasteiger partial charge on any atom is -0.506 e. The molecule has 5 nitrogen and oxygen atoms in total. The van der Waals surface area contributed by atoms with Crippen LogP contribution in [0.15, 0.2) is 59.2 Å². The lowest BCUT2D eigenvalue weighted by Gasteiger charge is -2.18. The fraction of sp³-hybridized carbons (Fsp3) is 0.0476. The molecule has 0 atom stereocenters. The Morgan fingerprint density at radius 2 is 1.45 bits per heavy atom. The molecule has 162 valence electrons. The van der Waals surface area contributed by atoms with E-state index in [4.69, 9.17) is 0 Å². The predicted molar refractivity (Wildman–Crippen MR) is 134 cm³/mol. The van der Waals surface area contributed by atoms with Gasteiger partial charge >= 0.3 is 0 Å². The summed E-state index contributed by atoms with van der Waals surface area (Å²) in [6.45, 7) is 5.80. The summed E-state index contributed by atoms with van der Waals surface area (Å²) in [5, 5.41) is 21.5. The second-order valence-corrected chi connectivity index (χ2v) is 11.3. The minimum absolute atomic E-state index is 0.00780. The van der Waals surface area contributed by atoms with E-state index in [0.717, 1.165) is 0 Å². The maximum Gasteiger partial charge on any atom is 0.295 e. The van der Waals surface area contributed by atoms with E-state index in [1.54, 1.807) is 31.2 Å². The van der Waals surface area contributed by atoms with Crippen molar-refractivity contribution in [3.05, 3.63) is 81.4 Å². The van der Waals surface area contributed by atoms with Gasteiger partial charge in [0.15, 0.2) is 0 Å². The molecule has 0 bridgehead atoms. The van der Waals surface area contributed by atoms with E-state index < -0.39 is 10.1 Å². The van der Waals surface area contributed by atoms with Gasteiger partial charge in [-0.15, -0.1) is 0 Å². The van der Waals surface area contributed by atoms with Crippen LogP contribution < -0.4 is 10.4 Å². The Hall–Kier alpha value is -1.17. The van der Waals surface area contributed by atoms with Crippen molar-refractivity contribution in [3.63, 3.8) is 0 Å². The predicted octanol–water partition coefficient (Wildman–Crippen LogP) is 5.36. The number of phenolic OH excluding ortho intramolecular Hbond substituents is 2. The molecule has 0 aliphatic heterocycles. The van der Waals surface area contributed by atoms with Crippen LogP contribution in [0.2, 0.25) is 0 Å². The lowest BCUT2D eigenvalue weighted by Crippen LogP contribution is -2.29. The Kier molecular flexibility index (Phi) is 7.10. The van der Waals surface area contributed by atoms with E-state index in [0.29, 0.717) is 45.0 Å². The summed E-state index contributed by atoms with van der Waals surface area (Å²) in [6, 6.07) is 9.30. The van der Waals surface area contributed by atoms with Crippen LogP contribution in [0.1, 0.15) is 16.7 Å². The van der Waals surface area contributed by atoms with Gasteiger partial charge < -0.3 is 10.2 Å². The van der Waals surface area contributed by atoms with Gasteiger partial charge in [0, 0.05) is 5.56 Å². The second kappa shape index (κ2) is 8.99. The van der Waals surface area contributed by atoms with E-state index >= 15 is 0 Å². The maximum atomic E-state index is 12.2. The van der Waals surface area contributed by atoms with Crippen molar-refractivity contribution in [2.45, 2.75) is 11.8 Å². The lowest BCUT2D eigenvalue weighted by atomic mass is 9.91. The molecule has 3 rings (SSSR count). The molecule has 10 heteroatoms. The summed E-state index contributed by atoms with van der Waals surface area (Å²) < 4.78 is 35.7. The van der Waals surface area contributed by atoms with Crippen molar-refractivity contribution in [2.75, 3.05) is 0 Å². The SMILES string of the molecule is C=c1c(Br)c(O)c(Br)c/c1=C(/c1ccccc1S(=O)(=O)O)c1cc(Br)c(O)c(Br)c1C. The molecule has 0 amide bonds. The first-order chi connectivity index (χ1) is 14.4. The first-order valence-electron chi connectivity index (χ1n) is 8.51. The van der Waals surface area contributed by atoms with Crippen molar-refractivity contribution < 1.29 is 23.2 Å². The van der Waals surface area contributed by atoms with Crippen LogP contribution >= 0.6 is 63.7 Å². The third-order valence-corrected chi connectivity index (χ3v) is 8.65. The summed E-state index contributed by atoms with van der Waals surface area (Å²) in [4.78, 5) is -0.288. The molecule has 0 saturated heterocycles. The second-order valence-electron chi connectivity index (χ2n) is 6.59. The summed E-state index contributed by atoms with van der Waals surface area (Å²) in [7, 11) is -4.56. The highest BCUT2D eigenvalue weighted by Gasteiger charge is 2.23. The third kappa shape index (κ3) is 4.51. The number of rotatable bonds is 3. The number of hydrogen-bond acceptors (Lipinski definition) is 4. The number of hydrogen-bond donors (Lipinski definition) is 3. The number of phenols is 2. The van der Waals surface area contributed by atoms with Gasteiger partial charge in [0.2, 0.25) is 0 Å². The average Bonchev–Trinajstić information content (AvgIpc) is 2.72. The lowest BCUT2D eigenvalue weighted by molar-refractivity contribution is 0.467. The van der Waals surface area contributed by atoms with Crippen LogP contribution in [0.5, 0.6) is 11.5 Å². The van der Waals surface area contributed by atoms with Crippen molar-refractivity contribution in [1.82, 2.24) is 0 Å². The normalized spacial score (nSPS) is 12.7. The maximum absolute atomic E-state index is 12.2. The quantitative estimate of drug-likeness (QED) is 0.321.